The van der Waals surface area contributed by atoms with E-state index in [4.69, 9.17) is 13.9 Å². The van der Waals surface area contributed by atoms with E-state index in [1.54, 1.807) is 31.6 Å². The summed E-state index contributed by atoms with van der Waals surface area (Å²) < 4.78 is 17.5. The number of fused-ring (bicyclic) bond motifs is 1. The molecule has 2 aromatic rings. The Hall–Kier alpha value is -2.71. The SMILES string of the molecule is CO[C@H]1CO[C@H]2C1N(C(=O)[C@@H](NC(=O)c1ccc(-c3ccncc3)o1)C1CCCCC1)C[C@@H]2C. The fourth-order valence-corrected chi connectivity index (χ4v) is 5.84. The summed E-state index contributed by atoms with van der Waals surface area (Å²) in [5, 5.41) is 3.05. The number of nitrogens with zero attached hydrogens (tertiary/aromatic N) is 2. The molecular formula is C26H33N3O5. The van der Waals surface area contributed by atoms with Gasteiger partial charge in [0.1, 0.15) is 17.9 Å². The molecule has 1 N–H and O–H groups in total. The third kappa shape index (κ3) is 4.36. The van der Waals surface area contributed by atoms with Crippen LogP contribution in [0.2, 0.25) is 0 Å². The van der Waals surface area contributed by atoms with Gasteiger partial charge in [-0.1, -0.05) is 26.2 Å². The molecule has 5 atom stereocenters. The number of methoxy groups -OCH3 is 1. The van der Waals surface area contributed by atoms with Crippen molar-refractivity contribution in [2.45, 2.75) is 63.3 Å². The normalized spacial score (nSPS) is 28.0. The van der Waals surface area contributed by atoms with E-state index in [1.807, 2.05) is 17.0 Å². The van der Waals surface area contributed by atoms with Crippen molar-refractivity contribution in [3.8, 4) is 11.3 Å². The number of rotatable bonds is 6. The Kier molecular flexibility index (Phi) is 6.70. The molecule has 4 heterocycles. The molecule has 2 aliphatic heterocycles. The summed E-state index contributed by atoms with van der Waals surface area (Å²) in [6.45, 7) is 3.21. The largest absolute Gasteiger partial charge is 0.451 e. The highest BCUT2D eigenvalue weighted by Gasteiger charge is 2.52. The number of likely N-dealkylation sites (tertiary alicyclic amines) is 1. The van der Waals surface area contributed by atoms with Crippen LogP contribution in [0.5, 0.6) is 0 Å². The molecule has 1 aliphatic carbocycles. The number of hydrogen-bond acceptors (Lipinski definition) is 6. The molecule has 2 saturated heterocycles. The Bertz CT molecular complexity index is 1000. The Morgan fingerprint density at radius 1 is 1.15 bits per heavy atom. The minimum atomic E-state index is -0.591. The monoisotopic (exact) mass is 467 g/mol. The van der Waals surface area contributed by atoms with Gasteiger partial charge in [-0.2, -0.15) is 0 Å². The van der Waals surface area contributed by atoms with Gasteiger partial charge >= 0.3 is 0 Å². The molecule has 0 bridgehead atoms. The molecule has 8 heteroatoms. The maximum atomic E-state index is 14.0. The van der Waals surface area contributed by atoms with Crippen molar-refractivity contribution in [3.63, 3.8) is 0 Å². The molecule has 8 nitrogen and oxygen atoms in total. The van der Waals surface area contributed by atoms with Gasteiger partial charge in [-0.25, -0.2) is 0 Å². The summed E-state index contributed by atoms with van der Waals surface area (Å²) in [5.74, 6) is 0.733. The van der Waals surface area contributed by atoms with Gasteiger partial charge in [0.25, 0.3) is 5.91 Å². The average Bonchev–Trinajstić information content (AvgIpc) is 3.60. The van der Waals surface area contributed by atoms with Crippen molar-refractivity contribution in [2.24, 2.45) is 11.8 Å². The van der Waals surface area contributed by atoms with Gasteiger partial charge in [-0.3, -0.25) is 14.6 Å². The van der Waals surface area contributed by atoms with Crippen LogP contribution < -0.4 is 5.32 Å². The summed E-state index contributed by atoms with van der Waals surface area (Å²) >= 11 is 0. The molecule has 182 valence electrons. The molecule has 0 radical (unpaired) electrons. The third-order valence-electron chi connectivity index (χ3n) is 7.63. The van der Waals surface area contributed by atoms with Crippen LogP contribution in [0.4, 0.5) is 0 Å². The topological polar surface area (TPSA) is 93.9 Å². The molecule has 34 heavy (non-hydrogen) atoms. The van der Waals surface area contributed by atoms with Crippen LogP contribution in [0.3, 0.4) is 0 Å². The molecule has 0 aromatic carbocycles. The number of carbonyl (C=O) groups excluding carboxylic acids is 2. The first kappa shape index (κ1) is 23.1. The molecule has 2 amide bonds. The van der Waals surface area contributed by atoms with Gasteiger partial charge in [0.15, 0.2) is 5.76 Å². The number of carbonyl (C=O) groups is 2. The van der Waals surface area contributed by atoms with Crippen molar-refractivity contribution >= 4 is 11.8 Å². The van der Waals surface area contributed by atoms with Crippen molar-refractivity contribution < 1.29 is 23.5 Å². The maximum absolute atomic E-state index is 14.0. The van der Waals surface area contributed by atoms with E-state index in [0.717, 1.165) is 31.2 Å². The lowest BCUT2D eigenvalue weighted by Gasteiger charge is -2.35. The van der Waals surface area contributed by atoms with E-state index in [2.05, 4.69) is 17.2 Å². The van der Waals surface area contributed by atoms with Crippen LogP contribution in [0.15, 0.2) is 41.1 Å². The van der Waals surface area contributed by atoms with Gasteiger partial charge in [-0.15, -0.1) is 0 Å². The lowest BCUT2D eigenvalue weighted by atomic mass is 9.83. The number of furan rings is 1. The molecule has 1 unspecified atom stereocenters. The second-order valence-electron chi connectivity index (χ2n) is 9.78. The van der Waals surface area contributed by atoms with Crippen LogP contribution in [0.1, 0.15) is 49.6 Å². The van der Waals surface area contributed by atoms with E-state index in [0.29, 0.717) is 18.9 Å². The van der Waals surface area contributed by atoms with Crippen LogP contribution >= 0.6 is 0 Å². The van der Waals surface area contributed by atoms with E-state index >= 15 is 0 Å². The number of nitrogens with one attached hydrogen (secondary N) is 1. The second kappa shape index (κ2) is 9.88. The quantitative estimate of drug-likeness (QED) is 0.701. The molecular weight excluding hydrogens is 434 g/mol. The summed E-state index contributed by atoms with van der Waals surface area (Å²) in [5.41, 5.74) is 0.845. The summed E-state index contributed by atoms with van der Waals surface area (Å²) in [6.07, 6.45) is 8.37. The van der Waals surface area contributed by atoms with E-state index < -0.39 is 6.04 Å². The van der Waals surface area contributed by atoms with Crippen LogP contribution in [-0.4, -0.2) is 66.3 Å². The standard InChI is InChI=1S/C26H33N3O5/c1-16-14-29(23-21(32-2)15-33-24(16)23)26(31)22(18-6-4-3-5-7-18)28-25(30)20-9-8-19(34-20)17-10-12-27-13-11-17/h8-13,16,18,21-24H,3-7,14-15H2,1-2H3,(H,28,30)/t16-,21-,22-,23?,24+/m0/s1. The predicted molar refractivity (Wildman–Crippen MR) is 125 cm³/mol. The van der Waals surface area contributed by atoms with Gasteiger partial charge in [0, 0.05) is 37.5 Å². The number of hydrogen-bond donors (Lipinski definition) is 1. The highest BCUT2D eigenvalue weighted by Crippen LogP contribution is 2.36. The van der Waals surface area contributed by atoms with Crippen molar-refractivity contribution in [1.29, 1.82) is 0 Å². The number of aromatic nitrogens is 1. The molecule has 3 aliphatic rings. The number of pyridine rings is 1. The Balaban J connectivity index is 1.37. The molecule has 5 rings (SSSR count). The predicted octanol–water partition coefficient (Wildman–Crippen LogP) is 3.28. The number of amides is 2. The Morgan fingerprint density at radius 3 is 2.65 bits per heavy atom. The molecule has 1 saturated carbocycles. The van der Waals surface area contributed by atoms with Crippen molar-refractivity contribution in [3.05, 3.63) is 42.4 Å². The average molecular weight is 468 g/mol. The van der Waals surface area contributed by atoms with Crippen molar-refractivity contribution in [2.75, 3.05) is 20.3 Å². The lowest BCUT2D eigenvalue weighted by Crippen LogP contribution is -2.56. The maximum Gasteiger partial charge on any atom is 0.287 e. The van der Waals surface area contributed by atoms with Crippen LogP contribution in [-0.2, 0) is 14.3 Å². The molecule has 3 fully saturated rings. The zero-order valence-corrected chi connectivity index (χ0v) is 19.8. The van der Waals surface area contributed by atoms with Crippen LogP contribution in [0, 0.1) is 11.8 Å². The van der Waals surface area contributed by atoms with E-state index in [1.165, 1.54) is 6.42 Å². The van der Waals surface area contributed by atoms with Gasteiger partial charge < -0.3 is 24.1 Å². The first-order valence-corrected chi connectivity index (χ1v) is 12.3. The molecule has 0 spiro atoms. The Labute approximate surface area is 200 Å². The van der Waals surface area contributed by atoms with E-state index in [9.17, 15) is 9.59 Å². The first-order valence-electron chi connectivity index (χ1n) is 12.3. The smallest absolute Gasteiger partial charge is 0.287 e. The van der Waals surface area contributed by atoms with Crippen LogP contribution in [0.25, 0.3) is 11.3 Å². The summed E-state index contributed by atoms with van der Waals surface area (Å²) in [4.78, 5) is 33.1. The summed E-state index contributed by atoms with van der Waals surface area (Å²) in [6, 6.07) is 6.38. The molecule has 2 aromatic heterocycles. The minimum Gasteiger partial charge on any atom is -0.451 e. The first-order chi connectivity index (χ1) is 16.6. The third-order valence-corrected chi connectivity index (χ3v) is 7.63. The summed E-state index contributed by atoms with van der Waals surface area (Å²) in [7, 11) is 1.67. The van der Waals surface area contributed by atoms with E-state index in [-0.39, 0.29) is 47.7 Å². The fourth-order valence-electron chi connectivity index (χ4n) is 5.84. The zero-order chi connectivity index (χ0) is 23.7. The van der Waals surface area contributed by atoms with Gasteiger partial charge in [-0.05, 0) is 43.0 Å². The van der Waals surface area contributed by atoms with Crippen molar-refractivity contribution in [1.82, 2.24) is 15.2 Å². The zero-order valence-electron chi connectivity index (χ0n) is 19.8. The second-order valence-corrected chi connectivity index (χ2v) is 9.78. The highest BCUT2D eigenvalue weighted by atomic mass is 16.6. The fraction of sp³-hybridized carbons (Fsp3) is 0.577. The minimum absolute atomic E-state index is 0.0235. The lowest BCUT2D eigenvalue weighted by molar-refractivity contribution is -0.138. The Morgan fingerprint density at radius 2 is 1.91 bits per heavy atom. The van der Waals surface area contributed by atoms with Gasteiger partial charge in [0.05, 0.1) is 18.8 Å². The number of ether oxygens (including phenoxy) is 2. The highest BCUT2D eigenvalue weighted by molar-refractivity contribution is 5.96. The van der Waals surface area contributed by atoms with Gasteiger partial charge in [0.2, 0.25) is 5.91 Å².